The van der Waals surface area contributed by atoms with Crippen LogP contribution in [0.15, 0.2) is 140 Å². The SMILES string of the molecule is CCc1nc2cccc3c2n1-c1ccc(-c2c4ccccc4c(-c4ccc(-c5ccccc5)cc4)c4ccccc24)cc1O3. The summed E-state index contributed by atoms with van der Waals surface area (Å²) in [5.41, 5.74) is 10.3. The Morgan fingerprint density at radius 3 is 1.75 bits per heavy atom. The summed E-state index contributed by atoms with van der Waals surface area (Å²) in [5, 5.41) is 4.93. The van der Waals surface area contributed by atoms with Crippen molar-refractivity contribution < 1.29 is 4.74 Å². The number of imidazole rings is 1. The molecule has 3 nitrogen and oxygen atoms in total. The van der Waals surface area contributed by atoms with Gasteiger partial charge in [-0.3, -0.25) is 4.57 Å². The Kier molecular flexibility index (Phi) is 5.48. The zero-order valence-corrected chi connectivity index (χ0v) is 24.3. The molecule has 7 aromatic carbocycles. The van der Waals surface area contributed by atoms with Gasteiger partial charge in [0.15, 0.2) is 11.5 Å². The maximum absolute atomic E-state index is 6.57. The number of hydrogen-bond donors (Lipinski definition) is 0. The molecule has 2 heterocycles. The van der Waals surface area contributed by atoms with Crippen molar-refractivity contribution in [3.8, 4) is 50.6 Å². The molecule has 0 unspecified atom stereocenters. The van der Waals surface area contributed by atoms with Crippen LogP contribution in [0, 0.1) is 0 Å². The van der Waals surface area contributed by atoms with Crippen molar-refractivity contribution in [2.24, 2.45) is 0 Å². The molecule has 0 bridgehead atoms. The van der Waals surface area contributed by atoms with Crippen LogP contribution in [-0.2, 0) is 6.42 Å². The van der Waals surface area contributed by atoms with Crippen LogP contribution in [0.4, 0.5) is 0 Å². The first-order chi connectivity index (χ1) is 21.8. The molecule has 0 radical (unpaired) electrons. The average Bonchev–Trinajstić information content (AvgIpc) is 3.48. The number of nitrogens with zero attached hydrogens (tertiary/aromatic N) is 2. The normalized spacial score (nSPS) is 12.0. The first-order valence-corrected chi connectivity index (χ1v) is 15.2. The summed E-state index contributed by atoms with van der Waals surface area (Å²) in [5.74, 6) is 2.75. The van der Waals surface area contributed by atoms with E-state index in [1.54, 1.807) is 0 Å². The summed E-state index contributed by atoms with van der Waals surface area (Å²) >= 11 is 0. The quantitative estimate of drug-likeness (QED) is 0.199. The monoisotopic (exact) mass is 564 g/mol. The van der Waals surface area contributed by atoms with Gasteiger partial charge in [0.25, 0.3) is 0 Å². The van der Waals surface area contributed by atoms with Crippen LogP contribution in [0.2, 0.25) is 0 Å². The van der Waals surface area contributed by atoms with E-state index >= 15 is 0 Å². The number of fused-ring (bicyclic) bond motifs is 4. The van der Waals surface area contributed by atoms with E-state index in [0.717, 1.165) is 46.0 Å². The average molecular weight is 565 g/mol. The van der Waals surface area contributed by atoms with E-state index in [1.807, 2.05) is 12.1 Å². The van der Waals surface area contributed by atoms with Gasteiger partial charge in [0.1, 0.15) is 11.3 Å². The van der Waals surface area contributed by atoms with Gasteiger partial charge in [-0.1, -0.05) is 122 Å². The maximum atomic E-state index is 6.57. The van der Waals surface area contributed by atoms with E-state index in [9.17, 15) is 0 Å². The van der Waals surface area contributed by atoms with Gasteiger partial charge in [0.05, 0.1) is 11.2 Å². The Morgan fingerprint density at radius 2 is 1.09 bits per heavy atom. The summed E-state index contributed by atoms with van der Waals surface area (Å²) in [6.45, 7) is 2.16. The van der Waals surface area contributed by atoms with E-state index < -0.39 is 0 Å². The summed E-state index contributed by atoms with van der Waals surface area (Å²) in [6, 6.07) is 49.9. The van der Waals surface area contributed by atoms with Crippen molar-refractivity contribution in [2.75, 3.05) is 0 Å². The van der Waals surface area contributed by atoms with Crippen LogP contribution in [-0.4, -0.2) is 9.55 Å². The molecule has 0 saturated carbocycles. The highest BCUT2D eigenvalue weighted by atomic mass is 16.5. The summed E-state index contributed by atoms with van der Waals surface area (Å²) in [7, 11) is 0. The Morgan fingerprint density at radius 1 is 0.523 bits per heavy atom. The molecular formula is C41H28N2O. The topological polar surface area (TPSA) is 27.1 Å². The lowest BCUT2D eigenvalue weighted by Crippen LogP contribution is -2.07. The third-order valence-electron chi connectivity index (χ3n) is 8.95. The number of aryl methyl sites for hydroxylation is 1. The van der Waals surface area contributed by atoms with Crippen LogP contribution in [0.5, 0.6) is 11.5 Å². The predicted molar refractivity (Wildman–Crippen MR) is 182 cm³/mol. The number of benzene rings is 7. The lowest BCUT2D eigenvalue weighted by atomic mass is 9.85. The van der Waals surface area contributed by atoms with Gasteiger partial charge >= 0.3 is 0 Å². The fourth-order valence-electron chi connectivity index (χ4n) is 6.99. The Labute approximate surface area is 255 Å². The summed E-state index contributed by atoms with van der Waals surface area (Å²) < 4.78 is 8.84. The van der Waals surface area contributed by atoms with Crippen molar-refractivity contribution in [1.82, 2.24) is 9.55 Å². The Bertz CT molecular complexity index is 2330. The van der Waals surface area contributed by atoms with E-state index in [2.05, 4.69) is 139 Å². The lowest BCUT2D eigenvalue weighted by Gasteiger charge is -2.23. The smallest absolute Gasteiger partial charge is 0.153 e. The molecule has 0 N–H and O–H groups in total. The van der Waals surface area contributed by atoms with Crippen molar-refractivity contribution in [1.29, 1.82) is 0 Å². The second kappa shape index (κ2) is 9.68. The Balaban J connectivity index is 1.26. The molecular weight excluding hydrogens is 536 g/mol. The van der Waals surface area contributed by atoms with Gasteiger partial charge in [-0.2, -0.15) is 0 Å². The van der Waals surface area contributed by atoms with Gasteiger partial charge in [-0.05, 0) is 79.2 Å². The molecule has 8 aromatic rings. The minimum Gasteiger partial charge on any atom is -0.453 e. The van der Waals surface area contributed by atoms with Crippen LogP contribution in [0.25, 0.3) is 71.6 Å². The molecule has 3 heteroatoms. The zero-order chi connectivity index (χ0) is 29.2. The van der Waals surface area contributed by atoms with Crippen molar-refractivity contribution in [2.45, 2.75) is 13.3 Å². The third kappa shape index (κ3) is 3.66. The largest absolute Gasteiger partial charge is 0.453 e. The van der Waals surface area contributed by atoms with Gasteiger partial charge < -0.3 is 4.74 Å². The second-order valence-corrected chi connectivity index (χ2v) is 11.4. The van der Waals surface area contributed by atoms with Crippen molar-refractivity contribution in [3.05, 3.63) is 145 Å². The van der Waals surface area contributed by atoms with Gasteiger partial charge in [-0.25, -0.2) is 4.98 Å². The molecule has 208 valence electrons. The van der Waals surface area contributed by atoms with Gasteiger partial charge in [0, 0.05) is 6.42 Å². The first kappa shape index (κ1) is 24.9. The Hall–Kier alpha value is -5.67. The maximum Gasteiger partial charge on any atom is 0.153 e. The molecule has 44 heavy (non-hydrogen) atoms. The van der Waals surface area contributed by atoms with Crippen LogP contribution < -0.4 is 4.74 Å². The molecule has 0 amide bonds. The summed E-state index contributed by atoms with van der Waals surface area (Å²) in [4.78, 5) is 4.91. The minimum atomic E-state index is 0.846. The molecule has 0 aliphatic carbocycles. The number of rotatable bonds is 4. The van der Waals surface area contributed by atoms with Crippen LogP contribution >= 0.6 is 0 Å². The second-order valence-electron chi connectivity index (χ2n) is 11.4. The third-order valence-corrected chi connectivity index (χ3v) is 8.95. The molecule has 1 aliphatic rings. The number of ether oxygens (including phenoxy) is 1. The fourth-order valence-corrected chi connectivity index (χ4v) is 6.99. The van der Waals surface area contributed by atoms with E-state index in [-0.39, 0.29) is 0 Å². The van der Waals surface area contributed by atoms with E-state index in [0.29, 0.717) is 0 Å². The van der Waals surface area contributed by atoms with E-state index in [4.69, 9.17) is 9.72 Å². The zero-order valence-electron chi connectivity index (χ0n) is 24.3. The van der Waals surface area contributed by atoms with Crippen molar-refractivity contribution in [3.63, 3.8) is 0 Å². The number of hydrogen-bond acceptors (Lipinski definition) is 2. The van der Waals surface area contributed by atoms with Gasteiger partial charge in [-0.15, -0.1) is 0 Å². The predicted octanol–water partition coefficient (Wildman–Crippen LogP) is 11.0. The molecule has 9 rings (SSSR count). The van der Waals surface area contributed by atoms with Crippen LogP contribution in [0.1, 0.15) is 12.7 Å². The van der Waals surface area contributed by atoms with Crippen molar-refractivity contribution >= 4 is 32.6 Å². The number of para-hydroxylation sites is 1. The standard InChI is InChI=1S/C41H28N2O/c1-2-38-42-34-17-10-18-36-41(34)43(38)35-24-23-29(25-37(35)44-36)40-32-15-8-6-13-30(32)39(31-14-7-9-16-33(31)40)28-21-19-27(20-22-28)26-11-4-3-5-12-26/h3-25H,2H2,1H3. The number of aromatic nitrogens is 2. The summed E-state index contributed by atoms with van der Waals surface area (Å²) in [6.07, 6.45) is 0.846. The van der Waals surface area contributed by atoms with Gasteiger partial charge in [0.2, 0.25) is 0 Å². The molecule has 1 aromatic heterocycles. The molecule has 0 fully saturated rings. The highest BCUT2D eigenvalue weighted by Crippen LogP contribution is 2.47. The molecule has 0 spiro atoms. The lowest BCUT2D eigenvalue weighted by molar-refractivity contribution is 0.474. The van der Waals surface area contributed by atoms with E-state index in [1.165, 1.54) is 49.4 Å². The molecule has 0 saturated heterocycles. The highest BCUT2D eigenvalue weighted by Gasteiger charge is 2.25. The fraction of sp³-hybridized carbons (Fsp3) is 0.0488. The minimum absolute atomic E-state index is 0.846. The molecule has 0 atom stereocenters. The first-order valence-electron chi connectivity index (χ1n) is 15.2. The van der Waals surface area contributed by atoms with Crippen LogP contribution in [0.3, 0.4) is 0 Å². The molecule has 1 aliphatic heterocycles. The highest BCUT2D eigenvalue weighted by molar-refractivity contribution is 6.21.